The quantitative estimate of drug-likeness (QED) is 0.694. The standard InChI is InChI=1S/C15H18F3N3O2/c16-10-2-3-11(15(18)14(10)17)21-13(23)8-20-12(22)4-1-9-5-6-19-7-9/h2-3,9,19H,1,4-8H2,(H,20,22)(H,21,23). The van der Waals surface area contributed by atoms with Crippen molar-refractivity contribution in [2.24, 2.45) is 5.92 Å². The van der Waals surface area contributed by atoms with E-state index in [0.29, 0.717) is 18.4 Å². The largest absolute Gasteiger partial charge is 0.347 e. The number of hydrogen-bond donors (Lipinski definition) is 3. The number of rotatable bonds is 6. The summed E-state index contributed by atoms with van der Waals surface area (Å²) in [6, 6.07) is 1.63. The lowest BCUT2D eigenvalue weighted by Crippen LogP contribution is -2.33. The van der Waals surface area contributed by atoms with Crippen molar-refractivity contribution in [3.8, 4) is 0 Å². The first-order valence-electron chi connectivity index (χ1n) is 7.38. The molecule has 8 heteroatoms. The fourth-order valence-electron chi connectivity index (χ4n) is 2.38. The maximum absolute atomic E-state index is 13.4. The third kappa shape index (κ3) is 4.95. The second-order valence-electron chi connectivity index (χ2n) is 5.45. The van der Waals surface area contributed by atoms with Crippen molar-refractivity contribution in [2.75, 3.05) is 25.0 Å². The Labute approximate surface area is 131 Å². The van der Waals surface area contributed by atoms with Gasteiger partial charge in [0.15, 0.2) is 17.5 Å². The van der Waals surface area contributed by atoms with Gasteiger partial charge in [-0.3, -0.25) is 9.59 Å². The van der Waals surface area contributed by atoms with Crippen LogP contribution in [0, 0.1) is 23.4 Å². The molecule has 5 nitrogen and oxygen atoms in total. The monoisotopic (exact) mass is 329 g/mol. The molecule has 1 fully saturated rings. The van der Waals surface area contributed by atoms with Gasteiger partial charge in [-0.05, 0) is 44.0 Å². The Bertz CT molecular complexity index is 590. The summed E-state index contributed by atoms with van der Waals surface area (Å²) in [5.74, 6) is -5.00. The number of hydrogen-bond acceptors (Lipinski definition) is 3. The van der Waals surface area contributed by atoms with Crippen LogP contribution in [0.5, 0.6) is 0 Å². The summed E-state index contributed by atoms with van der Waals surface area (Å²) < 4.78 is 39.2. The van der Waals surface area contributed by atoms with Crippen LogP contribution in [0.25, 0.3) is 0 Å². The van der Waals surface area contributed by atoms with E-state index in [-0.39, 0.29) is 12.5 Å². The molecule has 1 aliphatic rings. The zero-order valence-electron chi connectivity index (χ0n) is 12.4. The third-order valence-corrected chi connectivity index (χ3v) is 3.70. The van der Waals surface area contributed by atoms with Gasteiger partial charge in [0.25, 0.3) is 0 Å². The van der Waals surface area contributed by atoms with E-state index in [1.807, 2.05) is 0 Å². The van der Waals surface area contributed by atoms with Crippen LogP contribution >= 0.6 is 0 Å². The minimum Gasteiger partial charge on any atom is -0.347 e. The molecular formula is C15H18F3N3O2. The fraction of sp³-hybridized carbons (Fsp3) is 0.467. The minimum atomic E-state index is -1.66. The molecule has 1 aromatic rings. The second kappa shape index (κ2) is 7.96. The van der Waals surface area contributed by atoms with Gasteiger partial charge in [0, 0.05) is 6.42 Å². The van der Waals surface area contributed by atoms with E-state index in [9.17, 15) is 22.8 Å². The molecule has 1 aliphatic heterocycles. The van der Waals surface area contributed by atoms with Crippen LogP contribution < -0.4 is 16.0 Å². The Morgan fingerprint density at radius 3 is 2.65 bits per heavy atom. The normalized spacial score (nSPS) is 17.1. The van der Waals surface area contributed by atoms with Gasteiger partial charge < -0.3 is 16.0 Å². The molecule has 3 N–H and O–H groups in total. The zero-order chi connectivity index (χ0) is 16.8. The molecule has 1 unspecified atom stereocenters. The van der Waals surface area contributed by atoms with Gasteiger partial charge in [-0.15, -0.1) is 0 Å². The minimum absolute atomic E-state index is 0.280. The molecule has 0 aromatic heterocycles. The molecule has 0 saturated carbocycles. The van der Waals surface area contributed by atoms with Gasteiger partial charge in [0.1, 0.15) is 0 Å². The molecule has 0 spiro atoms. The molecule has 1 saturated heterocycles. The highest BCUT2D eigenvalue weighted by atomic mass is 19.2. The lowest BCUT2D eigenvalue weighted by Gasteiger charge is -2.10. The van der Waals surface area contributed by atoms with Crippen molar-refractivity contribution in [1.82, 2.24) is 10.6 Å². The van der Waals surface area contributed by atoms with Gasteiger partial charge in [0.2, 0.25) is 11.8 Å². The van der Waals surface area contributed by atoms with Crippen LogP contribution in [0.1, 0.15) is 19.3 Å². The second-order valence-corrected chi connectivity index (χ2v) is 5.45. The van der Waals surface area contributed by atoms with E-state index >= 15 is 0 Å². The highest BCUT2D eigenvalue weighted by Crippen LogP contribution is 2.19. The van der Waals surface area contributed by atoms with E-state index in [2.05, 4.69) is 16.0 Å². The molecule has 1 aromatic carbocycles. The van der Waals surface area contributed by atoms with Crippen LogP contribution in [-0.4, -0.2) is 31.4 Å². The van der Waals surface area contributed by atoms with Gasteiger partial charge in [-0.25, -0.2) is 13.2 Å². The average molecular weight is 329 g/mol. The summed E-state index contributed by atoms with van der Waals surface area (Å²) in [5, 5.41) is 7.69. The van der Waals surface area contributed by atoms with Gasteiger partial charge in [-0.2, -0.15) is 0 Å². The smallest absolute Gasteiger partial charge is 0.243 e. The molecule has 23 heavy (non-hydrogen) atoms. The highest BCUT2D eigenvalue weighted by Gasteiger charge is 2.17. The lowest BCUT2D eigenvalue weighted by atomic mass is 10.0. The summed E-state index contributed by atoms with van der Waals surface area (Å²) in [7, 11) is 0. The van der Waals surface area contributed by atoms with Crippen LogP contribution in [0.2, 0.25) is 0 Å². The van der Waals surface area contributed by atoms with Gasteiger partial charge in [-0.1, -0.05) is 0 Å². The molecule has 0 bridgehead atoms. The number of carbonyl (C=O) groups is 2. The summed E-state index contributed by atoms with van der Waals surface area (Å²) in [6.45, 7) is 1.48. The summed E-state index contributed by atoms with van der Waals surface area (Å²) >= 11 is 0. The summed E-state index contributed by atoms with van der Waals surface area (Å²) in [5.41, 5.74) is -0.472. The number of carbonyl (C=O) groups excluding carboxylic acids is 2. The van der Waals surface area contributed by atoms with E-state index in [0.717, 1.165) is 32.0 Å². The molecule has 0 aliphatic carbocycles. The molecule has 1 heterocycles. The molecule has 126 valence electrons. The molecule has 2 rings (SSSR count). The maximum atomic E-state index is 13.4. The Morgan fingerprint density at radius 2 is 1.96 bits per heavy atom. The van der Waals surface area contributed by atoms with Crippen molar-refractivity contribution >= 4 is 17.5 Å². The fourth-order valence-corrected chi connectivity index (χ4v) is 2.38. The summed E-state index contributed by atoms with van der Waals surface area (Å²) in [6.07, 6.45) is 2.07. The van der Waals surface area contributed by atoms with Gasteiger partial charge in [0.05, 0.1) is 12.2 Å². The Balaban J connectivity index is 1.74. The van der Waals surface area contributed by atoms with Crippen molar-refractivity contribution in [1.29, 1.82) is 0 Å². The number of nitrogens with one attached hydrogen (secondary N) is 3. The molecular weight excluding hydrogens is 311 g/mol. The average Bonchev–Trinajstić information content (AvgIpc) is 3.05. The van der Waals surface area contributed by atoms with E-state index < -0.39 is 29.0 Å². The number of halogens is 3. The SMILES string of the molecule is O=C(CCC1CCNC1)NCC(=O)Nc1ccc(F)c(F)c1F. The van der Waals surface area contributed by atoms with Crippen molar-refractivity contribution in [3.05, 3.63) is 29.6 Å². The molecule has 1 atom stereocenters. The Hall–Kier alpha value is -2.09. The van der Waals surface area contributed by atoms with E-state index in [1.165, 1.54) is 0 Å². The lowest BCUT2D eigenvalue weighted by molar-refractivity contribution is -0.124. The Morgan fingerprint density at radius 1 is 1.17 bits per heavy atom. The number of benzene rings is 1. The van der Waals surface area contributed by atoms with Crippen LogP contribution in [-0.2, 0) is 9.59 Å². The van der Waals surface area contributed by atoms with Crippen LogP contribution in [0.4, 0.5) is 18.9 Å². The van der Waals surface area contributed by atoms with Gasteiger partial charge >= 0.3 is 0 Å². The molecule has 2 amide bonds. The first-order chi connectivity index (χ1) is 11.0. The first-order valence-corrected chi connectivity index (χ1v) is 7.38. The summed E-state index contributed by atoms with van der Waals surface area (Å²) in [4.78, 5) is 23.2. The highest BCUT2D eigenvalue weighted by molar-refractivity contribution is 5.94. The van der Waals surface area contributed by atoms with E-state index in [1.54, 1.807) is 0 Å². The van der Waals surface area contributed by atoms with Crippen LogP contribution in [0.15, 0.2) is 12.1 Å². The topological polar surface area (TPSA) is 70.2 Å². The Kier molecular flexibility index (Phi) is 5.97. The predicted octanol–water partition coefficient (Wildman–Crippen LogP) is 1.55. The number of amides is 2. The van der Waals surface area contributed by atoms with Crippen LogP contribution in [0.3, 0.4) is 0 Å². The zero-order valence-corrected chi connectivity index (χ0v) is 12.4. The maximum Gasteiger partial charge on any atom is 0.243 e. The predicted molar refractivity (Wildman–Crippen MR) is 78.2 cm³/mol. The number of anilines is 1. The third-order valence-electron chi connectivity index (χ3n) is 3.70. The first kappa shape index (κ1) is 17.3. The molecule has 0 radical (unpaired) electrons. The van der Waals surface area contributed by atoms with E-state index in [4.69, 9.17) is 0 Å². The van der Waals surface area contributed by atoms with Crippen molar-refractivity contribution in [3.63, 3.8) is 0 Å². The van der Waals surface area contributed by atoms with Crippen molar-refractivity contribution < 1.29 is 22.8 Å². The van der Waals surface area contributed by atoms with Crippen molar-refractivity contribution in [2.45, 2.75) is 19.3 Å².